The molecule has 0 amide bonds. The summed E-state index contributed by atoms with van der Waals surface area (Å²) in [4.78, 5) is 0. The van der Waals surface area contributed by atoms with Crippen LogP contribution in [0.25, 0.3) is 0 Å². The molecule has 1 atom stereocenters. The van der Waals surface area contributed by atoms with Gasteiger partial charge in [0.1, 0.15) is 5.82 Å². The van der Waals surface area contributed by atoms with Crippen molar-refractivity contribution in [3.05, 3.63) is 35.6 Å². The zero-order chi connectivity index (χ0) is 11.1. The largest absolute Gasteiger partial charge is 0.299 e. The third kappa shape index (κ3) is 3.38. The lowest BCUT2D eigenvalue weighted by Gasteiger charge is -2.16. The van der Waals surface area contributed by atoms with Crippen LogP contribution in [-0.4, -0.2) is 6.54 Å². The van der Waals surface area contributed by atoms with Gasteiger partial charge < -0.3 is 0 Å². The SMILES string of the molecule is CC#CCNC(CC)c1ccccc1F. The van der Waals surface area contributed by atoms with Gasteiger partial charge in [0.15, 0.2) is 0 Å². The standard InChI is InChI=1S/C13H16FN/c1-3-5-10-15-13(4-2)11-8-6-7-9-12(11)14/h6-9,13,15H,4,10H2,1-2H3. The summed E-state index contributed by atoms with van der Waals surface area (Å²) in [6, 6.07) is 6.92. The molecule has 0 aliphatic carbocycles. The Morgan fingerprint density at radius 2 is 2.13 bits per heavy atom. The summed E-state index contributed by atoms with van der Waals surface area (Å²) in [7, 11) is 0. The average Bonchev–Trinajstić information content (AvgIpc) is 2.26. The molecule has 0 bridgehead atoms. The molecule has 0 radical (unpaired) electrons. The molecule has 0 saturated heterocycles. The average molecular weight is 205 g/mol. The zero-order valence-electron chi connectivity index (χ0n) is 9.18. The molecule has 2 heteroatoms. The van der Waals surface area contributed by atoms with E-state index in [1.165, 1.54) is 6.07 Å². The van der Waals surface area contributed by atoms with E-state index in [1.54, 1.807) is 13.0 Å². The predicted octanol–water partition coefficient (Wildman–Crippen LogP) is 2.89. The summed E-state index contributed by atoms with van der Waals surface area (Å²) in [5.41, 5.74) is 0.720. The highest BCUT2D eigenvalue weighted by atomic mass is 19.1. The topological polar surface area (TPSA) is 12.0 Å². The number of hydrogen-bond acceptors (Lipinski definition) is 1. The number of rotatable bonds is 4. The van der Waals surface area contributed by atoms with Gasteiger partial charge in [-0.15, -0.1) is 5.92 Å². The minimum atomic E-state index is -0.152. The van der Waals surface area contributed by atoms with E-state index in [9.17, 15) is 4.39 Å². The molecular formula is C13H16FN. The Hall–Kier alpha value is -1.33. The molecule has 1 aromatic carbocycles. The van der Waals surface area contributed by atoms with Crippen LogP contribution in [0.5, 0.6) is 0 Å². The van der Waals surface area contributed by atoms with Crippen LogP contribution in [0.3, 0.4) is 0 Å². The lowest BCUT2D eigenvalue weighted by molar-refractivity contribution is 0.512. The zero-order valence-corrected chi connectivity index (χ0v) is 9.18. The minimum absolute atomic E-state index is 0.0482. The van der Waals surface area contributed by atoms with Crippen LogP contribution in [0.15, 0.2) is 24.3 Å². The van der Waals surface area contributed by atoms with Crippen LogP contribution in [0.4, 0.5) is 4.39 Å². The molecule has 1 unspecified atom stereocenters. The van der Waals surface area contributed by atoms with Crippen molar-refractivity contribution < 1.29 is 4.39 Å². The Balaban J connectivity index is 2.72. The number of nitrogens with one attached hydrogen (secondary N) is 1. The van der Waals surface area contributed by atoms with Crippen LogP contribution < -0.4 is 5.32 Å². The molecule has 15 heavy (non-hydrogen) atoms. The maximum absolute atomic E-state index is 13.5. The van der Waals surface area contributed by atoms with Crippen LogP contribution in [0, 0.1) is 17.7 Å². The van der Waals surface area contributed by atoms with E-state index in [0.29, 0.717) is 6.54 Å². The van der Waals surface area contributed by atoms with Gasteiger partial charge in [-0.25, -0.2) is 4.39 Å². The number of benzene rings is 1. The maximum atomic E-state index is 13.5. The fourth-order valence-electron chi connectivity index (χ4n) is 1.49. The Bertz CT molecular complexity index is 362. The van der Waals surface area contributed by atoms with Crippen molar-refractivity contribution >= 4 is 0 Å². The first kappa shape index (κ1) is 11.7. The second-order valence-electron chi connectivity index (χ2n) is 3.29. The Kier molecular flexibility index (Phi) is 4.86. The van der Waals surface area contributed by atoms with E-state index in [-0.39, 0.29) is 11.9 Å². The van der Waals surface area contributed by atoms with Gasteiger partial charge in [-0.3, -0.25) is 5.32 Å². The number of halogens is 1. The molecule has 0 heterocycles. The van der Waals surface area contributed by atoms with Crippen LogP contribution >= 0.6 is 0 Å². The molecule has 80 valence electrons. The highest BCUT2D eigenvalue weighted by Crippen LogP contribution is 2.19. The van der Waals surface area contributed by atoms with E-state index >= 15 is 0 Å². The summed E-state index contributed by atoms with van der Waals surface area (Å²) in [6.07, 6.45) is 0.853. The molecule has 1 nitrogen and oxygen atoms in total. The normalized spacial score (nSPS) is 11.7. The lowest BCUT2D eigenvalue weighted by atomic mass is 10.0. The van der Waals surface area contributed by atoms with E-state index in [1.807, 2.05) is 19.1 Å². The molecule has 0 aliphatic rings. The number of hydrogen-bond donors (Lipinski definition) is 1. The first-order chi connectivity index (χ1) is 7.29. The van der Waals surface area contributed by atoms with Gasteiger partial charge in [-0.05, 0) is 19.4 Å². The Morgan fingerprint density at radius 1 is 1.40 bits per heavy atom. The summed E-state index contributed by atoms with van der Waals surface area (Å²) in [5, 5.41) is 3.21. The first-order valence-corrected chi connectivity index (χ1v) is 5.17. The summed E-state index contributed by atoms with van der Waals surface area (Å²) in [6.45, 7) is 4.43. The van der Waals surface area contributed by atoms with Gasteiger partial charge in [-0.1, -0.05) is 31.0 Å². The van der Waals surface area contributed by atoms with Gasteiger partial charge in [-0.2, -0.15) is 0 Å². The Labute approximate surface area is 90.7 Å². The van der Waals surface area contributed by atoms with Crippen molar-refractivity contribution in [2.45, 2.75) is 26.3 Å². The smallest absolute Gasteiger partial charge is 0.127 e. The van der Waals surface area contributed by atoms with Gasteiger partial charge in [0.2, 0.25) is 0 Å². The molecule has 0 aliphatic heterocycles. The van der Waals surface area contributed by atoms with Crippen LogP contribution in [0.1, 0.15) is 31.9 Å². The monoisotopic (exact) mass is 205 g/mol. The van der Waals surface area contributed by atoms with E-state index < -0.39 is 0 Å². The van der Waals surface area contributed by atoms with Crippen molar-refractivity contribution in [2.75, 3.05) is 6.54 Å². The third-order valence-electron chi connectivity index (χ3n) is 2.30. The second kappa shape index (κ2) is 6.21. The molecule has 0 saturated carbocycles. The van der Waals surface area contributed by atoms with Gasteiger partial charge in [0, 0.05) is 11.6 Å². The maximum Gasteiger partial charge on any atom is 0.127 e. The van der Waals surface area contributed by atoms with E-state index in [2.05, 4.69) is 17.2 Å². The second-order valence-corrected chi connectivity index (χ2v) is 3.29. The molecule has 0 fully saturated rings. The molecular weight excluding hydrogens is 189 g/mol. The summed E-state index contributed by atoms with van der Waals surface area (Å²) < 4.78 is 13.5. The molecule has 0 aromatic heterocycles. The predicted molar refractivity (Wildman–Crippen MR) is 60.9 cm³/mol. The molecule has 1 N–H and O–H groups in total. The quantitative estimate of drug-likeness (QED) is 0.745. The van der Waals surface area contributed by atoms with Gasteiger partial charge in [0.05, 0.1) is 6.54 Å². The highest BCUT2D eigenvalue weighted by molar-refractivity contribution is 5.21. The van der Waals surface area contributed by atoms with Gasteiger partial charge in [0.25, 0.3) is 0 Å². The van der Waals surface area contributed by atoms with Crippen molar-refractivity contribution in [3.8, 4) is 11.8 Å². The van der Waals surface area contributed by atoms with Crippen LogP contribution in [-0.2, 0) is 0 Å². The van der Waals surface area contributed by atoms with Crippen molar-refractivity contribution in [2.24, 2.45) is 0 Å². The van der Waals surface area contributed by atoms with Crippen molar-refractivity contribution in [1.29, 1.82) is 0 Å². The molecule has 0 spiro atoms. The minimum Gasteiger partial charge on any atom is -0.299 e. The van der Waals surface area contributed by atoms with Gasteiger partial charge >= 0.3 is 0 Å². The summed E-state index contributed by atoms with van der Waals surface area (Å²) in [5.74, 6) is 5.57. The van der Waals surface area contributed by atoms with E-state index in [0.717, 1.165) is 12.0 Å². The lowest BCUT2D eigenvalue weighted by Crippen LogP contribution is -2.21. The third-order valence-corrected chi connectivity index (χ3v) is 2.30. The fourth-order valence-corrected chi connectivity index (χ4v) is 1.49. The summed E-state index contributed by atoms with van der Waals surface area (Å²) >= 11 is 0. The fraction of sp³-hybridized carbons (Fsp3) is 0.385. The first-order valence-electron chi connectivity index (χ1n) is 5.17. The van der Waals surface area contributed by atoms with Crippen molar-refractivity contribution in [3.63, 3.8) is 0 Å². The molecule has 1 aromatic rings. The van der Waals surface area contributed by atoms with Crippen molar-refractivity contribution in [1.82, 2.24) is 5.32 Å². The molecule has 1 rings (SSSR count). The Morgan fingerprint density at radius 3 is 2.73 bits per heavy atom. The van der Waals surface area contributed by atoms with Crippen LogP contribution in [0.2, 0.25) is 0 Å². The van der Waals surface area contributed by atoms with E-state index in [4.69, 9.17) is 0 Å². The highest BCUT2D eigenvalue weighted by Gasteiger charge is 2.11.